The van der Waals surface area contributed by atoms with Gasteiger partial charge in [0.25, 0.3) is 5.91 Å². The molecule has 0 aliphatic heterocycles. The molecule has 0 saturated carbocycles. The second-order valence-corrected chi connectivity index (χ2v) is 5.90. The van der Waals surface area contributed by atoms with Crippen molar-refractivity contribution in [3.63, 3.8) is 0 Å². The Bertz CT molecular complexity index is 745. The normalized spacial score (nSPS) is 10.6. The number of hydrogen-bond donors (Lipinski definition) is 0. The van der Waals surface area contributed by atoms with Gasteiger partial charge in [-0.1, -0.05) is 31.5 Å². The van der Waals surface area contributed by atoms with Gasteiger partial charge in [0.15, 0.2) is 0 Å². The van der Waals surface area contributed by atoms with Crippen LogP contribution in [-0.4, -0.2) is 33.7 Å². The molecular weight excluding hydrogens is 312 g/mol. The van der Waals surface area contributed by atoms with Crippen LogP contribution in [0.25, 0.3) is 5.69 Å². The van der Waals surface area contributed by atoms with Crippen LogP contribution < -0.4 is 0 Å². The van der Waals surface area contributed by atoms with Crippen molar-refractivity contribution in [1.29, 1.82) is 5.26 Å². The molecule has 6 heteroatoms. The minimum absolute atomic E-state index is 0.0647. The van der Waals surface area contributed by atoms with Crippen LogP contribution in [0.15, 0.2) is 30.5 Å². The summed E-state index contributed by atoms with van der Waals surface area (Å²) >= 11 is 6.06. The predicted molar refractivity (Wildman–Crippen MR) is 89.9 cm³/mol. The third kappa shape index (κ3) is 3.54. The lowest BCUT2D eigenvalue weighted by atomic mass is 10.0. The van der Waals surface area contributed by atoms with Crippen LogP contribution in [0.1, 0.15) is 42.7 Å². The zero-order chi connectivity index (χ0) is 17.0. The monoisotopic (exact) mass is 330 g/mol. The molecule has 120 valence electrons. The standard InChI is InChI=1S/C17H19ClN4O/c1-4-21(9-8-19)17(23)15-11-20-22(16(15)12(2)3)14-7-5-6-13(18)10-14/h5-7,10-12H,4,9H2,1-3H3. The molecule has 0 N–H and O–H groups in total. The number of carbonyl (C=O) groups excluding carboxylic acids is 1. The van der Waals surface area contributed by atoms with Crippen molar-refractivity contribution in [2.24, 2.45) is 0 Å². The van der Waals surface area contributed by atoms with Gasteiger partial charge in [-0.15, -0.1) is 0 Å². The van der Waals surface area contributed by atoms with Crippen LogP contribution in [-0.2, 0) is 0 Å². The third-order valence-corrected chi connectivity index (χ3v) is 3.80. The van der Waals surface area contributed by atoms with Gasteiger partial charge < -0.3 is 4.90 Å². The quantitative estimate of drug-likeness (QED) is 0.786. The Labute approximate surface area is 141 Å². The zero-order valence-corrected chi connectivity index (χ0v) is 14.2. The number of halogens is 1. The molecule has 0 aliphatic rings. The van der Waals surface area contributed by atoms with E-state index in [0.717, 1.165) is 11.4 Å². The summed E-state index contributed by atoms with van der Waals surface area (Å²) in [4.78, 5) is 14.2. The molecule has 5 nitrogen and oxygen atoms in total. The first kappa shape index (κ1) is 17.0. The SMILES string of the molecule is CCN(CC#N)C(=O)c1cnn(-c2cccc(Cl)c2)c1C(C)C. The van der Waals surface area contributed by atoms with Crippen molar-refractivity contribution in [3.05, 3.63) is 46.7 Å². The van der Waals surface area contributed by atoms with Crippen LogP contribution in [0.3, 0.4) is 0 Å². The number of hydrogen-bond acceptors (Lipinski definition) is 3. The van der Waals surface area contributed by atoms with Crippen molar-refractivity contribution in [3.8, 4) is 11.8 Å². The summed E-state index contributed by atoms with van der Waals surface area (Å²) in [5.41, 5.74) is 2.15. The van der Waals surface area contributed by atoms with Gasteiger partial charge in [0, 0.05) is 11.6 Å². The van der Waals surface area contributed by atoms with E-state index in [4.69, 9.17) is 16.9 Å². The van der Waals surface area contributed by atoms with Crippen LogP contribution in [0.4, 0.5) is 0 Å². The first-order valence-corrected chi connectivity index (χ1v) is 7.87. The fourth-order valence-corrected chi connectivity index (χ4v) is 2.66. The Kier molecular flexibility index (Phi) is 5.41. The van der Waals surface area contributed by atoms with Crippen molar-refractivity contribution in [1.82, 2.24) is 14.7 Å². The van der Waals surface area contributed by atoms with E-state index in [2.05, 4.69) is 5.10 Å². The summed E-state index contributed by atoms with van der Waals surface area (Å²) in [5.74, 6) is -0.0812. The minimum Gasteiger partial charge on any atom is -0.325 e. The molecule has 0 unspecified atom stereocenters. The summed E-state index contributed by atoms with van der Waals surface area (Å²) < 4.78 is 1.74. The topological polar surface area (TPSA) is 61.9 Å². The van der Waals surface area contributed by atoms with Gasteiger partial charge in [-0.05, 0) is 31.0 Å². The Morgan fingerprint density at radius 2 is 2.22 bits per heavy atom. The Morgan fingerprint density at radius 3 is 2.78 bits per heavy atom. The molecule has 0 bridgehead atoms. The molecule has 0 radical (unpaired) electrons. The Morgan fingerprint density at radius 1 is 1.48 bits per heavy atom. The predicted octanol–water partition coefficient (Wildman–Crippen LogP) is 3.63. The van der Waals surface area contributed by atoms with Gasteiger partial charge in [0.05, 0.1) is 29.2 Å². The Balaban J connectivity index is 2.51. The first-order chi connectivity index (χ1) is 11.0. The van der Waals surface area contributed by atoms with E-state index in [1.165, 1.54) is 4.90 Å². The van der Waals surface area contributed by atoms with Gasteiger partial charge in [-0.25, -0.2) is 4.68 Å². The van der Waals surface area contributed by atoms with E-state index in [-0.39, 0.29) is 18.4 Å². The molecule has 1 heterocycles. The Hall–Kier alpha value is -2.32. The molecule has 23 heavy (non-hydrogen) atoms. The van der Waals surface area contributed by atoms with Crippen molar-refractivity contribution >= 4 is 17.5 Å². The summed E-state index contributed by atoms with van der Waals surface area (Å²) in [6.07, 6.45) is 1.57. The number of rotatable bonds is 5. The lowest BCUT2D eigenvalue weighted by molar-refractivity contribution is 0.0782. The highest BCUT2D eigenvalue weighted by molar-refractivity contribution is 6.30. The summed E-state index contributed by atoms with van der Waals surface area (Å²) in [6.45, 7) is 6.41. The number of amides is 1. The fourth-order valence-electron chi connectivity index (χ4n) is 2.47. The third-order valence-electron chi connectivity index (χ3n) is 3.57. The van der Waals surface area contributed by atoms with E-state index in [0.29, 0.717) is 17.1 Å². The molecule has 0 fully saturated rings. The largest absolute Gasteiger partial charge is 0.325 e. The average Bonchev–Trinajstić information content (AvgIpc) is 2.97. The highest BCUT2D eigenvalue weighted by Gasteiger charge is 2.24. The highest BCUT2D eigenvalue weighted by atomic mass is 35.5. The molecular formula is C17H19ClN4O. The second-order valence-electron chi connectivity index (χ2n) is 5.47. The van der Waals surface area contributed by atoms with Crippen molar-refractivity contribution in [2.45, 2.75) is 26.7 Å². The molecule has 2 rings (SSSR count). The van der Waals surface area contributed by atoms with Gasteiger partial charge >= 0.3 is 0 Å². The van der Waals surface area contributed by atoms with E-state index in [1.54, 1.807) is 16.9 Å². The number of carbonyl (C=O) groups is 1. The molecule has 0 aliphatic carbocycles. The maximum atomic E-state index is 12.7. The minimum atomic E-state index is -0.175. The second kappa shape index (κ2) is 7.30. The van der Waals surface area contributed by atoms with Crippen molar-refractivity contribution in [2.75, 3.05) is 13.1 Å². The molecule has 1 amide bonds. The lowest BCUT2D eigenvalue weighted by Gasteiger charge is -2.19. The summed E-state index contributed by atoms with van der Waals surface area (Å²) in [6, 6.07) is 9.37. The van der Waals surface area contributed by atoms with E-state index in [1.807, 2.05) is 45.0 Å². The first-order valence-electron chi connectivity index (χ1n) is 7.49. The van der Waals surface area contributed by atoms with E-state index < -0.39 is 0 Å². The molecule has 0 saturated heterocycles. The fraction of sp³-hybridized carbons (Fsp3) is 0.353. The molecule has 1 aromatic heterocycles. The highest BCUT2D eigenvalue weighted by Crippen LogP contribution is 2.25. The smallest absolute Gasteiger partial charge is 0.258 e. The van der Waals surface area contributed by atoms with Crippen LogP contribution >= 0.6 is 11.6 Å². The van der Waals surface area contributed by atoms with E-state index >= 15 is 0 Å². The zero-order valence-electron chi connectivity index (χ0n) is 13.5. The number of nitrogens with zero attached hydrogens (tertiary/aromatic N) is 4. The van der Waals surface area contributed by atoms with Gasteiger partial charge in [-0.2, -0.15) is 10.4 Å². The number of benzene rings is 1. The van der Waals surface area contributed by atoms with Gasteiger partial charge in [-0.3, -0.25) is 4.79 Å². The maximum absolute atomic E-state index is 12.7. The van der Waals surface area contributed by atoms with Crippen molar-refractivity contribution < 1.29 is 4.79 Å². The molecule has 0 atom stereocenters. The lowest BCUT2D eigenvalue weighted by Crippen LogP contribution is -2.31. The average molecular weight is 331 g/mol. The molecule has 1 aromatic carbocycles. The van der Waals surface area contributed by atoms with Gasteiger partial charge in [0.2, 0.25) is 0 Å². The van der Waals surface area contributed by atoms with Crippen LogP contribution in [0, 0.1) is 11.3 Å². The summed E-state index contributed by atoms with van der Waals surface area (Å²) in [7, 11) is 0. The van der Waals surface area contributed by atoms with Crippen LogP contribution in [0.2, 0.25) is 5.02 Å². The van der Waals surface area contributed by atoms with E-state index in [9.17, 15) is 4.79 Å². The number of aromatic nitrogens is 2. The summed E-state index contributed by atoms with van der Waals surface area (Å²) in [5, 5.41) is 13.9. The van der Waals surface area contributed by atoms with Crippen LogP contribution in [0.5, 0.6) is 0 Å². The number of nitriles is 1. The molecule has 0 spiro atoms. The molecule has 2 aromatic rings. The van der Waals surface area contributed by atoms with Gasteiger partial charge in [0.1, 0.15) is 6.54 Å². The maximum Gasteiger partial charge on any atom is 0.258 e.